The van der Waals surface area contributed by atoms with Crippen molar-refractivity contribution >= 4 is 50.7 Å². The Labute approximate surface area is 264 Å². The molecule has 0 aromatic heterocycles. The molecule has 2 amide bonds. The number of methoxy groups -OCH3 is 1. The molecule has 1 fully saturated rings. The lowest BCUT2D eigenvalue weighted by Crippen LogP contribution is -2.55. The van der Waals surface area contributed by atoms with Crippen LogP contribution in [0.2, 0.25) is 10.0 Å². The van der Waals surface area contributed by atoms with E-state index >= 15 is 0 Å². The maximum absolute atomic E-state index is 14.3. The van der Waals surface area contributed by atoms with Crippen molar-refractivity contribution in [2.75, 3.05) is 24.2 Å². The van der Waals surface area contributed by atoms with Crippen LogP contribution >= 0.6 is 23.2 Å². The first kappa shape index (κ1) is 32.6. The van der Waals surface area contributed by atoms with Crippen LogP contribution in [0.3, 0.4) is 0 Å². The molecule has 0 bridgehead atoms. The molecular weight excluding hydrogens is 609 g/mol. The van der Waals surface area contributed by atoms with Crippen LogP contribution in [-0.4, -0.2) is 57.1 Å². The van der Waals surface area contributed by atoms with Gasteiger partial charge in [-0.05, 0) is 48.2 Å². The summed E-state index contributed by atoms with van der Waals surface area (Å²) in [7, 11) is -2.48. The van der Waals surface area contributed by atoms with Crippen molar-refractivity contribution in [1.82, 2.24) is 10.2 Å². The summed E-state index contributed by atoms with van der Waals surface area (Å²) in [5, 5.41) is 3.82. The van der Waals surface area contributed by atoms with Crippen molar-refractivity contribution in [3.05, 3.63) is 94.0 Å². The Bertz CT molecular complexity index is 1510. The molecule has 1 saturated carbocycles. The monoisotopic (exact) mass is 645 g/mol. The molecule has 1 unspecified atom stereocenters. The fourth-order valence-corrected chi connectivity index (χ4v) is 6.62. The first-order valence-corrected chi connectivity index (χ1v) is 16.9. The van der Waals surface area contributed by atoms with Gasteiger partial charge in [0.2, 0.25) is 21.8 Å². The average Bonchev–Trinajstić information content (AvgIpc) is 2.99. The zero-order valence-electron chi connectivity index (χ0n) is 24.3. The molecule has 0 aliphatic heterocycles. The quantitative estimate of drug-likeness (QED) is 0.266. The molecule has 1 N–H and O–H groups in total. The van der Waals surface area contributed by atoms with Gasteiger partial charge in [0.25, 0.3) is 0 Å². The second kappa shape index (κ2) is 14.9. The largest absolute Gasteiger partial charge is 0.495 e. The molecule has 0 saturated heterocycles. The minimum Gasteiger partial charge on any atom is -0.495 e. The fraction of sp³-hybridized carbons (Fsp3) is 0.375. The molecule has 0 radical (unpaired) electrons. The number of anilines is 1. The molecular formula is C32H37Cl2N3O5S. The van der Waals surface area contributed by atoms with E-state index in [0.29, 0.717) is 16.3 Å². The Balaban J connectivity index is 1.74. The molecule has 8 nitrogen and oxygen atoms in total. The normalized spacial score (nSPS) is 14.5. The van der Waals surface area contributed by atoms with E-state index in [1.54, 1.807) is 24.3 Å². The number of nitrogens with zero attached hydrogens (tertiary/aromatic N) is 2. The molecule has 1 aliphatic rings. The van der Waals surface area contributed by atoms with Crippen LogP contribution in [0.1, 0.15) is 43.2 Å². The number of amides is 2. The highest BCUT2D eigenvalue weighted by Gasteiger charge is 2.34. The summed E-state index contributed by atoms with van der Waals surface area (Å²) in [5.41, 5.74) is 1.70. The van der Waals surface area contributed by atoms with Gasteiger partial charge in [-0.3, -0.25) is 13.9 Å². The van der Waals surface area contributed by atoms with Crippen molar-refractivity contribution in [1.29, 1.82) is 0 Å². The maximum Gasteiger partial charge on any atom is 0.244 e. The number of ether oxygens (including phenoxy) is 1. The Morgan fingerprint density at radius 1 is 0.953 bits per heavy atom. The maximum atomic E-state index is 14.3. The molecule has 0 spiro atoms. The summed E-state index contributed by atoms with van der Waals surface area (Å²) in [4.78, 5) is 29.7. The Morgan fingerprint density at radius 3 is 2.26 bits per heavy atom. The van der Waals surface area contributed by atoms with Crippen LogP contribution in [0.15, 0.2) is 72.8 Å². The van der Waals surface area contributed by atoms with Crippen molar-refractivity contribution < 1.29 is 22.7 Å². The summed E-state index contributed by atoms with van der Waals surface area (Å²) in [6.45, 7) is -0.539. The van der Waals surface area contributed by atoms with Gasteiger partial charge in [-0.1, -0.05) is 91.0 Å². The van der Waals surface area contributed by atoms with E-state index in [0.717, 1.165) is 48.2 Å². The zero-order chi connectivity index (χ0) is 31.0. The fourth-order valence-electron chi connectivity index (χ4n) is 5.33. The van der Waals surface area contributed by atoms with Crippen molar-refractivity contribution in [2.45, 2.75) is 57.2 Å². The predicted octanol–water partition coefficient (Wildman–Crippen LogP) is 5.86. The van der Waals surface area contributed by atoms with Crippen LogP contribution in [0.5, 0.6) is 5.75 Å². The minimum atomic E-state index is -3.93. The summed E-state index contributed by atoms with van der Waals surface area (Å²) in [6, 6.07) is 20.1. The predicted molar refractivity (Wildman–Crippen MR) is 171 cm³/mol. The zero-order valence-corrected chi connectivity index (χ0v) is 26.7. The molecule has 230 valence electrons. The first-order valence-electron chi connectivity index (χ1n) is 14.2. The molecule has 43 heavy (non-hydrogen) atoms. The Kier molecular flexibility index (Phi) is 11.3. The molecule has 1 aliphatic carbocycles. The van der Waals surface area contributed by atoms with Gasteiger partial charge in [0.1, 0.15) is 18.3 Å². The molecule has 3 aromatic rings. The topological polar surface area (TPSA) is 96.0 Å². The van der Waals surface area contributed by atoms with Crippen molar-refractivity contribution in [3.63, 3.8) is 0 Å². The van der Waals surface area contributed by atoms with Crippen LogP contribution in [0.25, 0.3) is 0 Å². The van der Waals surface area contributed by atoms with Gasteiger partial charge in [-0.2, -0.15) is 0 Å². The second-order valence-electron chi connectivity index (χ2n) is 10.8. The highest BCUT2D eigenvalue weighted by atomic mass is 35.5. The van der Waals surface area contributed by atoms with E-state index in [-0.39, 0.29) is 35.6 Å². The number of sulfonamides is 1. The standard InChI is InChI=1S/C32H37Cl2N3O5S/c1-42-30-18-17-26(20-28(30)34)37(43(2,40)41)22-31(38)36(21-24-13-9-10-16-27(24)33)29(19-23-11-5-3-6-12-23)32(39)35-25-14-7-4-8-15-25/h3,5-6,9-13,16-18,20,25,29H,4,7-8,14-15,19,21-22H2,1-2H3,(H,35,39). The van der Waals surface area contributed by atoms with E-state index in [1.165, 1.54) is 30.2 Å². The Hall–Kier alpha value is -3.27. The number of rotatable bonds is 12. The number of carbonyl (C=O) groups excluding carboxylic acids is 2. The van der Waals surface area contributed by atoms with E-state index in [1.807, 2.05) is 30.3 Å². The van der Waals surface area contributed by atoms with Gasteiger partial charge in [0, 0.05) is 24.0 Å². The summed E-state index contributed by atoms with van der Waals surface area (Å²) in [5.74, 6) is -0.473. The average molecular weight is 647 g/mol. The molecule has 4 rings (SSSR count). The highest BCUT2D eigenvalue weighted by molar-refractivity contribution is 7.92. The summed E-state index contributed by atoms with van der Waals surface area (Å²) in [6.07, 6.45) is 6.21. The van der Waals surface area contributed by atoms with E-state index in [4.69, 9.17) is 27.9 Å². The molecule has 3 aromatic carbocycles. The lowest BCUT2D eigenvalue weighted by atomic mass is 9.94. The number of nitrogens with one attached hydrogen (secondary N) is 1. The Morgan fingerprint density at radius 2 is 1.63 bits per heavy atom. The van der Waals surface area contributed by atoms with Gasteiger partial charge in [-0.15, -0.1) is 0 Å². The summed E-state index contributed by atoms with van der Waals surface area (Å²) < 4.78 is 32.2. The molecule has 0 heterocycles. The number of halogens is 2. The van der Waals surface area contributed by atoms with Crippen molar-refractivity contribution in [2.24, 2.45) is 0 Å². The first-order chi connectivity index (χ1) is 20.6. The lowest BCUT2D eigenvalue weighted by Gasteiger charge is -2.35. The van der Waals surface area contributed by atoms with Gasteiger partial charge < -0.3 is 15.0 Å². The minimum absolute atomic E-state index is 0.00899. The highest BCUT2D eigenvalue weighted by Crippen LogP contribution is 2.31. The molecule has 11 heteroatoms. The number of carbonyl (C=O) groups is 2. The van der Waals surface area contributed by atoms with Gasteiger partial charge >= 0.3 is 0 Å². The third-order valence-corrected chi connectivity index (χ3v) is 9.43. The summed E-state index contributed by atoms with van der Waals surface area (Å²) >= 11 is 12.8. The third kappa shape index (κ3) is 8.87. The van der Waals surface area contributed by atoms with Crippen LogP contribution in [-0.2, 0) is 32.6 Å². The number of hydrogen-bond acceptors (Lipinski definition) is 5. The van der Waals surface area contributed by atoms with Crippen LogP contribution < -0.4 is 14.4 Å². The molecule has 1 atom stereocenters. The van der Waals surface area contributed by atoms with Gasteiger partial charge in [0.05, 0.1) is 24.1 Å². The lowest BCUT2D eigenvalue weighted by molar-refractivity contribution is -0.140. The smallest absolute Gasteiger partial charge is 0.244 e. The number of hydrogen-bond donors (Lipinski definition) is 1. The SMILES string of the molecule is COc1ccc(N(CC(=O)N(Cc2ccccc2Cl)C(Cc2ccccc2)C(=O)NC2CCCCC2)S(C)(=O)=O)cc1Cl. The van der Waals surface area contributed by atoms with Gasteiger partial charge in [-0.25, -0.2) is 8.42 Å². The van der Waals surface area contributed by atoms with E-state index in [2.05, 4.69) is 5.32 Å². The van der Waals surface area contributed by atoms with E-state index in [9.17, 15) is 18.0 Å². The van der Waals surface area contributed by atoms with Crippen LogP contribution in [0, 0.1) is 0 Å². The number of benzene rings is 3. The third-order valence-electron chi connectivity index (χ3n) is 7.62. The van der Waals surface area contributed by atoms with Gasteiger partial charge in [0.15, 0.2) is 0 Å². The second-order valence-corrected chi connectivity index (χ2v) is 13.5. The van der Waals surface area contributed by atoms with Crippen LogP contribution in [0.4, 0.5) is 5.69 Å². The van der Waals surface area contributed by atoms with E-state index < -0.39 is 28.5 Å². The van der Waals surface area contributed by atoms with Crippen molar-refractivity contribution in [3.8, 4) is 5.75 Å².